The molecule has 5 nitrogen and oxygen atoms in total. The number of nitrogens with one attached hydrogen (secondary N) is 1. The third kappa shape index (κ3) is 5.19. The lowest BCUT2D eigenvalue weighted by molar-refractivity contribution is -0.122. The topological polar surface area (TPSA) is 64.6 Å². The van der Waals surface area contributed by atoms with Crippen molar-refractivity contribution in [2.24, 2.45) is 0 Å². The van der Waals surface area contributed by atoms with E-state index in [1.165, 1.54) is 0 Å². The van der Waals surface area contributed by atoms with Crippen molar-refractivity contribution in [3.63, 3.8) is 0 Å². The Bertz CT molecular complexity index is 1040. The summed E-state index contributed by atoms with van der Waals surface area (Å²) < 4.78 is 11.0. The van der Waals surface area contributed by atoms with E-state index in [1.807, 2.05) is 13.0 Å². The summed E-state index contributed by atoms with van der Waals surface area (Å²) in [5.41, 5.74) is 1.21. The summed E-state index contributed by atoms with van der Waals surface area (Å²) in [6.07, 6.45) is -0.300. The fraction of sp³-hybridized carbons (Fsp3) is 0.167. The molecule has 154 valence electrons. The summed E-state index contributed by atoms with van der Waals surface area (Å²) in [6, 6.07) is 20.7. The normalized spacial score (nSPS) is 11.4. The van der Waals surface area contributed by atoms with E-state index in [1.54, 1.807) is 73.8 Å². The second-order valence-electron chi connectivity index (χ2n) is 6.57. The molecule has 0 saturated heterocycles. The van der Waals surface area contributed by atoms with E-state index in [-0.39, 0.29) is 11.7 Å². The fourth-order valence-corrected chi connectivity index (χ4v) is 3.10. The monoisotopic (exact) mass is 423 g/mol. The first-order chi connectivity index (χ1) is 14.5. The van der Waals surface area contributed by atoms with Crippen LogP contribution in [0.4, 0.5) is 5.69 Å². The lowest BCUT2D eigenvalue weighted by atomic mass is 10.0. The van der Waals surface area contributed by atoms with Crippen molar-refractivity contribution in [2.75, 3.05) is 12.4 Å². The number of carbonyl (C=O) groups is 2. The summed E-state index contributed by atoms with van der Waals surface area (Å²) in [4.78, 5) is 25.8. The van der Waals surface area contributed by atoms with Crippen LogP contribution in [-0.2, 0) is 4.79 Å². The highest BCUT2D eigenvalue weighted by Gasteiger charge is 2.22. The zero-order valence-corrected chi connectivity index (χ0v) is 17.5. The van der Waals surface area contributed by atoms with Crippen LogP contribution in [0.15, 0.2) is 72.8 Å². The Morgan fingerprint density at radius 1 is 0.967 bits per heavy atom. The third-order valence-electron chi connectivity index (χ3n) is 4.50. The SMILES string of the molecule is CC[C@H](Oc1cccc(OC)c1)C(=O)Nc1ccc(Cl)cc1C(=O)c1ccccc1. The van der Waals surface area contributed by atoms with E-state index in [4.69, 9.17) is 21.1 Å². The minimum atomic E-state index is -0.743. The van der Waals surface area contributed by atoms with Crippen molar-refractivity contribution in [3.05, 3.63) is 88.9 Å². The highest BCUT2D eigenvalue weighted by Crippen LogP contribution is 2.25. The van der Waals surface area contributed by atoms with Crippen LogP contribution in [0.25, 0.3) is 0 Å². The highest BCUT2D eigenvalue weighted by molar-refractivity contribution is 6.31. The van der Waals surface area contributed by atoms with Gasteiger partial charge in [0.15, 0.2) is 11.9 Å². The van der Waals surface area contributed by atoms with Crippen molar-refractivity contribution in [1.29, 1.82) is 0 Å². The van der Waals surface area contributed by atoms with Crippen molar-refractivity contribution in [1.82, 2.24) is 0 Å². The fourth-order valence-electron chi connectivity index (χ4n) is 2.93. The van der Waals surface area contributed by atoms with E-state index in [9.17, 15) is 9.59 Å². The summed E-state index contributed by atoms with van der Waals surface area (Å²) in [7, 11) is 1.56. The number of rotatable bonds is 8. The zero-order chi connectivity index (χ0) is 21.5. The minimum Gasteiger partial charge on any atom is -0.497 e. The van der Waals surface area contributed by atoms with Gasteiger partial charge in [-0.15, -0.1) is 0 Å². The molecule has 0 aliphatic rings. The molecule has 0 aromatic heterocycles. The first-order valence-electron chi connectivity index (χ1n) is 9.52. The van der Waals surface area contributed by atoms with Crippen LogP contribution in [0.1, 0.15) is 29.3 Å². The lowest BCUT2D eigenvalue weighted by Crippen LogP contribution is -2.33. The Kier molecular flexibility index (Phi) is 7.09. The summed E-state index contributed by atoms with van der Waals surface area (Å²) in [5.74, 6) is 0.573. The molecule has 0 unspecified atom stereocenters. The van der Waals surface area contributed by atoms with Crippen LogP contribution in [-0.4, -0.2) is 24.9 Å². The predicted octanol–water partition coefficient (Wildman–Crippen LogP) is 5.38. The van der Waals surface area contributed by atoms with E-state index < -0.39 is 6.10 Å². The Labute approximate surface area is 180 Å². The molecule has 30 heavy (non-hydrogen) atoms. The molecule has 0 radical (unpaired) electrons. The Hall–Kier alpha value is -3.31. The molecule has 3 rings (SSSR count). The molecular formula is C24H22ClNO4. The molecule has 3 aromatic rings. The highest BCUT2D eigenvalue weighted by atomic mass is 35.5. The maximum atomic E-state index is 12.9. The Morgan fingerprint density at radius 3 is 2.40 bits per heavy atom. The van der Waals surface area contributed by atoms with E-state index in [0.717, 1.165) is 0 Å². The Balaban J connectivity index is 1.82. The first kappa shape index (κ1) is 21.4. The van der Waals surface area contributed by atoms with Crippen LogP contribution in [0, 0.1) is 0 Å². The van der Waals surface area contributed by atoms with Gasteiger partial charge in [-0.25, -0.2) is 0 Å². The predicted molar refractivity (Wildman–Crippen MR) is 118 cm³/mol. The number of hydrogen-bond donors (Lipinski definition) is 1. The molecule has 1 N–H and O–H groups in total. The third-order valence-corrected chi connectivity index (χ3v) is 4.74. The van der Waals surface area contributed by atoms with Gasteiger partial charge >= 0.3 is 0 Å². The number of amides is 1. The number of ether oxygens (including phenoxy) is 2. The molecule has 1 atom stereocenters. The van der Waals surface area contributed by atoms with Crippen LogP contribution in [0.3, 0.4) is 0 Å². The molecule has 0 fully saturated rings. The zero-order valence-electron chi connectivity index (χ0n) is 16.7. The second-order valence-corrected chi connectivity index (χ2v) is 7.00. The number of hydrogen-bond acceptors (Lipinski definition) is 4. The maximum absolute atomic E-state index is 12.9. The number of anilines is 1. The second kappa shape index (κ2) is 9.94. The van der Waals surface area contributed by atoms with Gasteiger partial charge in [0, 0.05) is 22.2 Å². The van der Waals surface area contributed by atoms with Gasteiger partial charge in [0.2, 0.25) is 0 Å². The number of benzene rings is 3. The maximum Gasteiger partial charge on any atom is 0.265 e. The largest absolute Gasteiger partial charge is 0.497 e. The molecular weight excluding hydrogens is 402 g/mol. The van der Waals surface area contributed by atoms with Gasteiger partial charge < -0.3 is 14.8 Å². The average molecular weight is 424 g/mol. The smallest absolute Gasteiger partial charge is 0.265 e. The average Bonchev–Trinajstić information content (AvgIpc) is 2.78. The number of carbonyl (C=O) groups excluding carboxylic acids is 2. The number of ketones is 1. The molecule has 6 heteroatoms. The standard InChI is InChI=1S/C24H22ClNO4/c1-3-22(30-19-11-7-10-18(15-19)29-2)24(28)26-21-13-12-17(25)14-20(21)23(27)16-8-5-4-6-9-16/h4-15,22H,3H2,1-2H3,(H,26,28)/t22-/m0/s1. The van der Waals surface area contributed by atoms with E-state index in [0.29, 0.717) is 39.8 Å². The summed E-state index contributed by atoms with van der Waals surface area (Å²) >= 11 is 6.11. The molecule has 1 amide bonds. The van der Waals surface area contributed by atoms with Crippen LogP contribution in [0.2, 0.25) is 5.02 Å². The molecule has 0 aliphatic heterocycles. The number of halogens is 1. The van der Waals surface area contributed by atoms with Gasteiger partial charge in [0.25, 0.3) is 5.91 Å². The first-order valence-corrected chi connectivity index (χ1v) is 9.90. The van der Waals surface area contributed by atoms with Gasteiger partial charge in [-0.2, -0.15) is 0 Å². The molecule has 0 spiro atoms. The van der Waals surface area contributed by atoms with Gasteiger partial charge in [-0.1, -0.05) is 54.9 Å². The van der Waals surface area contributed by atoms with Crippen LogP contribution < -0.4 is 14.8 Å². The molecule has 0 aliphatic carbocycles. The van der Waals surface area contributed by atoms with Crippen molar-refractivity contribution in [3.8, 4) is 11.5 Å². The van der Waals surface area contributed by atoms with Gasteiger partial charge in [-0.3, -0.25) is 9.59 Å². The van der Waals surface area contributed by atoms with Crippen molar-refractivity contribution >= 4 is 29.0 Å². The molecule has 0 saturated carbocycles. The van der Waals surface area contributed by atoms with Crippen molar-refractivity contribution in [2.45, 2.75) is 19.4 Å². The van der Waals surface area contributed by atoms with Gasteiger partial charge in [-0.05, 0) is 36.8 Å². The Morgan fingerprint density at radius 2 is 1.70 bits per heavy atom. The van der Waals surface area contributed by atoms with Crippen LogP contribution >= 0.6 is 11.6 Å². The molecule has 3 aromatic carbocycles. The van der Waals surface area contributed by atoms with Gasteiger partial charge in [0.1, 0.15) is 11.5 Å². The van der Waals surface area contributed by atoms with Gasteiger partial charge in [0.05, 0.1) is 12.8 Å². The number of methoxy groups -OCH3 is 1. The van der Waals surface area contributed by atoms with E-state index >= 15 is 0 Å². The van der Waals surface area contributed by atoms with Crippen molar-refractivity contribution < 1.29 is 19.1 Å². The quantitative estimate of drug-likeness (QED) is 0.494. The molecule has 0 heterocycles. The van der Waals surface area contributed by atoms with E-state index in [2.05, 4.69) is 5.32 Å². The summed E-state index contributed by atoms with van der Waals surface area (Å²) in [5, 5.41) is 3.22. The molecule has 0 bridgehead atoms. The van der Waals surface area contributed by atoms with Crippen LogP contribution in [0.5, 0.6) is 11.5 Å². The minimum absolute atomic E-state index is 0.227. The summed E-state index contributed by atoms with van der Waals surface area (Å²) in [6.45, 7) is 1.85. The lowest BCUT2D eigenvalue weighted by Gasteiger charge is -2.19.